The van der Waals surface area contributed by atoms with Crippen LogP contribution in [-0.4, -0.2) is 18.2 Å². The molecule has 15 heavy (non-hydrogen) atoms. The zero-order valence-electron chi connectivity index (χ0n) is 8.93. The van der Waals surface area contributed by atoms with Crippen molar-refractivity contribution in [3.05, 3.63) is 27.2 Å². The molecule has 0 aromatic heterocycles. The Labute approximate surface area is 97.2 Å². The van der Waals surface area contributed by atoms with Crippen molar-refractivity contribution in [1.82, 2.24) is 0 Å². The first-order chi connectivity index (χ1) is 6.97. The van der Waals surface area contributed by atoms with Crippen LogP contribution in [0.3, 0.4) is 0 Å². The van der Waals surface area contributed by atoms with Gasteiger partial charge < -0.3 is 9.84 Å². The quantitative estimate of drug-likeness (QED) is 0.921. The highest BCUT2D eigenvalue weighted by Crippen LogP contribution is 2.33. The lowest BCUT2D eigenvalue weighted by Crippen LogP contribution is -2.05. The van der Waals surface area contributed by atoms with Gasteiger partial charge >= 0.3 is 5.97 Å². The molecule has 82 valence electrons. The second-order valence-corrected chi connectivity index (χ2v) is 4.20. The van der Waals surface area contributed by atoms with Gasteiger partial charge in [0.2, 0.25) is 0 Å². The van der Waals surface area contributed by atoms with E-state index < -0.39 is 5.97 Å². The Bertz CT molecular complexity index is 399. The average Bonchev–Trinajstić information content (AvgIpc) is 2.13. The van der Waals surface area contributed by atoms with Crippen molar-refractivity contribution in [3.8, 4) is 5.75 Å². The lowest BCUT2D eigenvalue weighted by Gasteiger charge is -2.14. The first-order valence-corrected chi connectivity index (χ1v) is 5.31. The molecule has 0 radical (unpaired) electrons. The third-order valence-electron chi connectivity index (χ3n) is 2.21. The number of aryl methyl sites for hydroxylation is 2. The fourth-order valence-electron chi connectivity index (χ4n) is 1.62. The molecule has 0 aliphatic rings. The summed E-state index contributed by atoms with van der Waals surface area (Å²) in [4.78, 5) is 10.7. The minimum atomic E-state index is -0.862. The second-order valence-electron chi connectivity index (χ2n) is 3.41. The number of carboxylic acids is 1. The summed E-state index contributed by atoms with van der Waals surface area (Å²) < 4.78 is 6.03. The minimum absolute atomic E-state index is 0.0354. The van der Waals surface area contributed by atoms with Gasteiger partial charge in [-0.2, -0.15) is 0 Å². The van der Waals surface area contributed by atoms with Gasteiger partial charge in [-0.15, -0.1) is 0 Å². The smallest absolute Gasteiger partial charge is 0.308 e. The van der Waals surface area contributed by atoms with Gasteiger partial charge in [0.15, 0.2) is 0 Å². The molecule has 0 fully saturated rings. The molecule has 0 amide bonds. The molecule has 0 aliphatic heterocycles. The normalized spacial score (nSPS) is 10.1. The number of methoxy groups -OCH3 is 1. The first kappa shape index (κ1) is 12.0. The largest absolute Gasteiger partial charge is 0.496 e. The molecule has 0 atom stereocenters. The number of hydrogen-bond donors (Lipinski definition) is 1. The van der Waals surface area contributed by atoms with Crippen molar-refractivity contribution >= 4 is 21.9 Å². The summed E-state index contributed by atoms with van der Waals surface area (Å²) in [6.07, 6.45) is -0.0354. The lowest BCUT2D eigenvalue weighted by atomic mass is 10.0. The van der Waals surface area contributed by atoms with Gasteiger partial charge in [-0.05, 0) is 25.0 Å². The van der Waals surface area contributed by atoms with Gasteiger partial charge in [-0.1, -0.05) is 22.0 Å². The van der Waals surface area contributed by atoms with Crippen LogP contribution in [0.25, 0.3) is 0 Å². The lowest BCUT2D eigenvalue weighted by molar-refractivity contribution is -0.136. The number of aliphatic carboxylic acids is 1. The summed E-state index contributed by atoms with van der Waals surface area (Å²) in [6.45, 7) is 3.84. The Kier molecular flexibility index (Phi) is 3.74. The molecule has 0 aliphatic carbocycles. The number of rotatable bonds is 3. The highest BCUT2D eigenvalue weighted by Gasteiger charge is 2.15. The number of carboxylic acid groups (broad SMARTS) is 1. The third kappa shape index (κ3) is 2.50. The van der Waals surface area contributed by atoms with E-state index in [-0.39, 0.29) is 6.42 Å². The number of halogens is 1. The van der Waals surface area contributed by atoms with E-state index in [0.717, 1.165) is 15.6 Å². The Morgan fingerprint density at radius 3 is 2.53 bits per heavy atom. The Morgan fingerprint density at radius 2 is 2.07 bits per heavy atom. The van der Waals surface area contributed by atoms with Crippen LogP contribution in [0.5, 0.6) is 5.75 Å². The molecule has 0 spiro atoms. The van der Waals surface area contributed by atoms with Gasteiger partial charge in [0.1, 0.15) is 5.75 Å². The predicted octanol–water partition coefficient (Wildman–Crippen LogP) is 2.70. The number of ether oxygens (including phenoxy) is 1. The zero-order valence-corrected chi connectivity index (χ0v) is 10.5. The highest BCUT2D eigenvalue weighted by atomic mass is 79.9. The van der Waals surface area contributed by atoms with E-state index in [4.69, 9.17) is 9.84 Å². The minimum Gasteiger partial charge on any atom is -0.496 e. The van der Waals surface area contributed by atoms with Crippen molar-refractivity contribution in [2.45, 2.75) is 20.3 Å². The van der Waals surface area contributed by atoms with Crippen LogP contribution in [0.15, 0.2) is 10.5 Å². The number of hydrogen-bond acceptors (Lipinski definition) is 2. The maximum absolute atomic E-state index is 10.7. The topological polar surface area (TPSA) is 46.5 Å². The van der Waals surface area contributed by atoms with Crippen LogP contribution < -0.4 is 4.74 Å². The second kappa shape index (κ2) is 4.66. The molecule has 0 heterocycles. The molecule has 0 saturated heterocycles. The summed E-state index contributed by atoms with van der Waals surface area (Å²) in [7, 11) is 1.55. The maximum atomic E-state index is 10.7. The Morgan fingerprint density at radius 1 is 1.47 bits per heavy atom. The molecule has 1 N–H and O–H groups in total. The molecular weight excluding hydrogens is 260 g/mol. The Hall–Kier alpha value is -1.03. The van der Waals surface area contributed by atoms with Crippen molar-refractivity contribution < 1.29 is 14.6 Å². The van der Waals surface area contributed by atoms with Crippen LogP contribution in [0.2, 0.25) is 0 Å². The van der Waals surface area contributed by atoms with E-state index in [2.05, 4.69) is 15.9 Å². The van der Waals surface area contributed by atoms with Crippen molar-refractivity contribution in [1.29, 1.82) is 0 Å². The zero-order chi connectivity index (χ0) is 11.6. The molecule has 0 bridgehead atoms. The van der Waals surface area contributed by atoms with E-state index in [1.807, 2.05) is 19.9 Å². The van der Waals surface area contributed by atoms with Gasteiger partial charge in [0.05, 0.1) is 13.5 Å². The van der Waals surface area contributed by atoms with E-state index in [1.165, 1.54) is 0 Å². The molecule has 0 saturated carbocycles. The summed E-state index contributed by atoms with van der Waals surface area (Å²) in [5, 5.41) is 8.82. The fourth-order valence-corrected chi connectivity index (χ4v) is 2.06. The number of carbonyl (C=O) groups is 1. The molecular formula is C11H13BrO3. The monoisotopic (exact) mass is 272 g/mol. The van der Waals surface area contributed by atoms with Gasteiger partial charge in [0, 0.05) is 10.0 Å². The van der Waals surface area contributed by atoms with Crippen molar-refractivity contribution in [3.63, 3.8) is 0 Å². The maximum Gasteiger partial charge on any atom is 0.308 e. The first-order valence-electron chi connectivity index (χ1n) is 4.51. The van der Waals surface area contributed by atoms with Gasteiger partial charge in [-0.3, -0.25) is 4.79 Å². The van der Waals surface area contributed by atoms with Crippen LogP contribution in [0, 0.1) is 13.8 Å². The molecule has 3 nitrogen and oxygen atoms in total. The average molecular weight is 273 g/mol. The SMILES string of the molecule is COc1c(C)cc(C)c(Br)c1CC(=O)O. The summed E-state index contributed by atoms with van der Waals surface area (Å²) >= 11 is 3.39. The highest BCUT2D eigenvalue weighted by molar-refractivity contribution is 9.10. The van der Waals surface area contributed by atoms with E-state index in [1.54, 1.807) is 7.11 Å². The number of benzene rings is 1. The Balaban J connectivity index is 3.36. The third-order valence-corrected chi connectivity index (χ3v) is 3.31. The molecule has 0 unspecified atom stereocenters. The molecule has 1 aromatic rings. The van der Waals surface area contributed by atoms with Gasteiger partial charge in [-0.25, -0.2) is 0 Å². The standard InChI is InChI=1S/C11H13BrO3/c1-6-4-7(2)11(15-3)8(10(6)12)5-9(13)14/h4H,5H2,1-3H3,(H,13,14). The van der Waals surface area contributed by atoms with E-state index >= 15 is 0 Å². The van der Waals surface area contributed by atoms with Crippen molar-refractivity contribution in [2.24, 2.45) is 0 Å². The summed E-state index contributed by atoms with van der Waals surface area (Å²) in [6, 6.07) is 1.97. The molecule has 1 aromatic carbocycles. The van der Waals surface area contributed by atoms with Crippen LogP contribution in [-0.2, 0) is 11.2 Å². The van der Waals surface area contributed by atoms with Crippen LogP contribution in [0.1, 0.15) is 16.7 Å². The fraction of sp³-hybridized carbons (Fsp3) is 0.364. The van der Waals surface area contributed by atoms with Gasteiger partial charge in [0.25, 0.3) is 0 Å². The van der Waals surface area contributed by atoms with Crippen LogP contribution >= 0.6 is 15.9 Å². The van der Waals surface area contributed by atoms with Crippen LogP contribution in [0.4, 0.5) is 0 Å². The molecule has 1 rings (SSSR count). The van der Waals surface area contributed by atoms with E-state index in [9.17, 15) is 4.79 Å². The molecule has 4 heteroatoms. The van der Waals surface area contributed by atoms with Crippen molar-refractivity contribution in [2.75, 3.05) is 7.11 Å². The predicted molar refractivity (Wildman–Crippen MR) is 61.5 cm³/mol. The van der Waals surface area contributed by atoms with E-state index in [0.29, 0.717) is 11.3 Å². The summed E-state index contributed by atoms with van der Waals surface area (Å²) in [5.74, 6) is -0.214. The summed E-state index contributed by atoms with van der Waals surface area (Å²) in [5.41, 5.74) is 2.67.